The summed E-state index contributed by atoms with van der Waals surface area (Å²) in [6, 6.07) is 2.33. The second-order valence-electron chi connectivity index (χ2n) is 4.76. The number of nitrogens with one attached hydrogen (secondary N) is 1. The van der Waals surface area contributed by atoms with Gasteiger partial charge in [0.05, 0.1) is 11.3 Å². The lowest BCUT2D eigenvalue weighted by Crippen LogP contribution is -2.14. The zero-order valence-corrected chi connectivity index (χ0v) is 9.39. The van der Waals surface area contributed by atoms with Crippen molar-refractivity contribution in [3.8, 4) is 0 Å². The molecule has 1 aliphatic rings. The summed E-state index contributed by atoms with van der Waals surface area (Å²) in [6.45, 7) is 2.62. The number of halogens is 2. The zero-order valence-electron chi connectivity index (χ0n) is 9.39. The Hall–Kier alpha value is -1.65. The first-order valence-electron chi connectivity index (χ1n) is 5.38. The molecule has 3 nitrogen and oxygen atoms in total. The predicted octanol–water partition coefficient (Wildman–Crippen LogP) is 2.88. The van der Waals surface area contributed by atoms with Gasteiger partial charge in [0.25, 0.3) is 0 Å². The van der Waals surface area contributed by atoms with Gasteiger partial charge >= 0.3 is 5.97 Å². The molecule has 0 heterocycles. The Morgan fingerprint density at radius 2 is 2.06 bits per heavy atom. The number of carboxylic acid groups (broad SMARTS) is 1. The van der Waals surface area contributed by atoms with E-state index in [2.05, 4.69) is 12.2 Å². The summed E-state index contributed by atoms with van der Waals surface area (Å²) in [6.07, 6.45) is 2.13. The number of carboxylic acids is 1. The summed E-state index contributed by atoms with van der Waals surface area (Å²) in [5.74, 6) is -3.92. The Labute approximate surface area is 97.5 Å². The lowest BCUT2D eigenvalue weighted by atomic mass is 10.1. The van der Waals surface area contributed by atoms with Crippen molar-refractivity contribution in [2.75, 3.05) is 11.9 Å². The lowest BCUT2D eigenvalue weighted by Gasteiger charge is -2.12. The van der Waals surface area contributed by atoms with E-state index < -0.39 is 23.2 Å². The maximum atomic E-state index is 13.5. The van der Waals surface area contributed by atoms with Gasteiger partial charge in [0, 0.05) is 6.54 Å². The van der Waals surface area contributed by atoms with E-state index >= 15 is 0 Å². The van der Waals surface area contributed by atoms with Crippen LogP contribution in [0.25, 0.3) is 0 Å². The monoisotopic (exact) mass is 241 g/mol. The molecule has 1 fully saturated rings. The van der Waals surface area contributed by atoms with Crippen molar-refractivity contribution in [3.63, 3.8) is 0 Å². The molecule has 0 amide bonds. The average molecular weight is 241 g/mol. The molecular weight excluding hydrogens is 228 g/mol. The number of carbonyl (C=O) groups is 1. The third-order valence-corrected chi connectivity index (χ3v) is 3.12. The van der Waals surface area contributed by atoms with Crippen molar-refractivity contribution >= 4 is 11.7 Å². The first-order valence-corrected chi connectivity index (χ1v) is 5.38. The molecule has 1 saturated carbocycles. The molecule has 1 aromatic carbocycles. The van der Waals surface area contributed by atoms with Crippen LogP contribution in [0, 0.1) is 17.0 Å². The summed E-state index contributed by atoms with van der Waals surface area (Å²) in [5, 5.41) is 11.4. The van der Waals surface area contributed by atoms with Crippen LogP contribution >= 0.6 is 0 Å². The van der Waals surface area contributed by atoms with Crippen LogP contribution in [-0.2, 0) is 0 Å². The summed E-state index contributed by atoms with van der Waals surface area (Å²) in [5.41, 5.74) is -0.472. The quantitative estimate of drug-likeness (QED) is 0.852. The van der Waals surface area contributed by atoms with Crippen molar-refractivity contribution in [3.05, 3.63) is 29.3 Å². The second kappa shape index (κ2) is 3.98. The Bertz CT molecular complexity index is 470. The topological polar surface area (TPSA) is 49.3 Å². The molecule has 0 radical (unpaired) electrons. The maximum absolute atomic E-state index is 13.5. The number of hydrogen-bond acceptors (Lipinski definition) is 2. The lowest BCUT2D eigenvalue weighted by molar-refractivity contribution is 0.0690. The van der Waals surface area contributed by atoms with E-state index in [4.69, 9.17) is 5.11 Å². The van der Waals surface area contributed by atoms with Gasteiger partial charge in [-0.2, -0.15) is 0 Å². The van der Waals surface area contributed by atoms with Gasteiger partial charge in [0.1, 0.15) is 0 Å². The molecule has 5 heteroatoms. The van der Waals surface area contributed by atoms with Gasteiger partial charge in [0.2, 0.25) is 0 Å². The van der Waals surface area contributed by atoms with Crippen LogP contribution < -0.4 is 5.32 Å². The molecule has 1 aromatic rings. The molecule has 17 heavy (non-hydrogen) atoms. The summed E-state index contributed by atoms with van der Waals surface area (Å²) < 4.78 is 26.9. The fourth-order valence-electron chi connectivity index (χ4n) is 1.55. The van der Waals surface area contributed by atoms with E-state index in [1.807, 2.05) is 0 Å². The van der Waals surface area contributed by atoms with Crippen molar-refractivity contribution in [2.24, 2.45) is 5.41 Å². The van der Waals surface area contributed by atoms with E-state index in [0.29, 0.717) is 6.54 Å². The average Bonchev–Trinajstić information content (AvgIpc) is 2.99. The van der Waals surface area contributed by atoms with Gasteiger partial charge < -0.3 is 10.4 Å². The molecular formula is C12H13F2NO2. The van der Waals surface area contributed by atoms with E-state index in [9.17, 15) is 13.6 Å². The number of rotatable bonds is 4. The fourth-order valence-corrected chi connectivity index (χ4v) is 1.55. The largest absolute Gasteiger partial charge is 0.478 e. The van der Waals surface area contributed by atoms with Crippen molar-refractivity contribution < 1.29 is 18.7 Å². The van der Waals surface area contributed by atoms with Gasteiger partial charge in [-0.25, -0.2) is 13.6 Å². The van der Waals surface area contributed by atoms with E-state index in [0.717, 1.165) is 18.9 Å². The van der Waals surface area contributed by atoms with E-state index in [1.165, 1.54) is 6.07 Å². The smallest absolute Gasteiger partial charge is 0.338 e. The minimum atomic E-state index is -1.47. The molecule has 1 aliphatic carbocycles. The summed E-state index contributed by atoms with van der Waals surface area (Å²) in [4.78, 5) is 10.6. The SMILES string of the molecule is CC1(CNc2ccc(C(=O)O)c(F)c2F)CC1. The van der Waals surface area contributed by atoms with Crippen LogP contribution in [-0.4, -0.2) is 17.6 Å². The Balaban J connectivity index is 2.18. The highest BCUT2D eigenvalue weighted by atomic mass is 19.2. The van der Waals surface area contributed by atoms with Crippen LogP contribution in [0.1, 0.15) is 30.1 Å². The molecule has 0 bridgehead atoms. The van der Waals surface area contributed by atoms with Crippen LogP contribution in [0.2, 0.25) is 0 Å². The standard InChI is InChI=1S/C12H13F2NO2/c1-12(4-5-12)6-15-8-3-2-7(11(16)17)9(13)10(8)14/h2-3,15H,4-6H2,1H3,(H,16,17). The molecule has 0 unspecified atom stereocenters. The number of aromatic carboxylic acids is 1. The first kappa shape index (κ1) is 11.8. The molecule has 2 rings (SSSR count). The normalized spacial score (nSPS) is 16.6. The van der Waals surface area contributed by atoms with Gasteiger partial charge in [-0.15, -0.1) is 0 Å². The van der Waals surface area contributed by atoms with Gasteiger partial charge in [-0.05, 0) is 30.4 Å². The van der Waals surface area contributed by atoms with Crippen molar-refractivity contribution in [2.45, 2.75) is 19.8 Å². The number of anilines is 1. The molecule has 0 aromatic heterocycles. The highest BCUT2D eigenvalue weighted by molar-refractivity contribution is 5.88. The molecule has 0 aliphatic heterocycles. The summed E-state index contributed by atoms with van der Waals surface area (Å²) in [7, 11) is 0. The van der Waals surface area contributed by atoms with Gasteiger partial charge in [-0.1, -0.05) is 6.92 Å². The molecule has 0 spiro atoms. The van der Waals surface area contributed by atoms with Crippen LogP contribution in [0.4, 0.5) is 14.5 Å². The predicted molar refractivity (Wildman–Crippen MR) is 59.1 cm³/mol. The third kappa shape index (κ3) is 2.38. The number of hydrogen-bond donors (Lipinski definition) is 2. The minimum absolute atomic E-state index is 0.0145. The minimum Gasteiger partial charge on any atom is -0.478 e. The zero-order chi connectivity index (χ0) is 12.6. The highest BCUT2D eigenvalue weighted by Crippen LogP contribution is 2.44. The fraction of sp³-hybridized carbons (Fsp3) is 0.417. The van der Waals surface area contributed by atoms with Crippen molar-refractivity contribution in [1.29, 1.82) is 0 Å². The second-order valence-corrected chi connectivity index (χ2v) is 4.76. The van der Waals surface area contributed by atoms with Crippen LogP contribution in [0.5, 0.6) is 0 Å². The van der Waals surface area contributed by atoms with E-state index in [-0.39, 0.29) is 11.1 Å². The van der Waals surface area contributed by atoms with E-state index in [1.54, 1.807) is 0 Å². The Morgan fingerprint density at radius 1 is 1.41 bits per heavy atom. The van der Waals surface area contributed by atoms with Gasteiger partial charge in [-0.3, -0.25) is 0 Å². The Morgan fingerprint density at radius 3 is 2.59 bits per heavy atom. The number of benzene rings is 1. The molecule has 2 N–H and O–H groups in total. The van der Waals surface area contributed by atoms with Gasteiger partial charge in [0.15, 0.2) is 11.6 Å². The highest BCUT2D eigenvalue weighted by Gasteiger charge is 2.37. The van der Waals surface area contributed by atoms with Crippen LogP contribution in [0.15, 0.2) is 12.1 Å². The van der Waals surface area contributed by atoms with Crippen LogP contribution in [0.3, 0.4) is 0 Å². The first-order chi connectivity index (χ1) is 7.93. The Kier molecular flexibility index (Phi) is 2.77. The maximum Gasteiger partial charge on any atom is 0.338 e. The molecule has 0 saturated heterocycles. The third-order valence-electron chi connectivity index (χ3n) is 3.12. The molecule has 92 valence electrons. The van der Waals surface area contributed by atoms with Crippen molar-refractivity contribution in [1.82, 2.24) is 0 Å². The summed E-state index contributed by atoms with van der Waals surface area (Å²) >= 11 is 0. The molecule has 0 atom stereocenters.